The van der Waals surface area contributed by atoms with E-state index in [1.54, 1.807) is 6.20 Å². The zero-order valence-electron chi connectivity index (χ0n) is 10.6. The summed E-state index contributed by atoms with van der Waals surface area (Å²) < 4.78 is 0. The van der Waals surface area contributed by atoms with Gasteiger partial charge in [0.05, 0.1) is 12.0 Å². The largest absolute Gasteiger partial charge is 0.480 e. The van der Waals surface area contributed by atoms with Gasteiger partial charge in [0, 0.05) is 12.6 Å². The predicted octanol–water partition coefficient (Wildman–Crippen LogP) is -2.76. The van der Waals surface area contributed by atoms with E-state index in [1.807, 2.05) is 0 Å². The summed E-state index contributed by atoms with van der Waals surface area (Å²) in [6.07, 6.45) is -1.15. The summed E-state index contributed by atoms with van der Waals surface area (Å²) in [5.74, 6) is -4.54. The summed E-state index contributed by atoms with van der Waals surface area (Å²) >= 11 is 0. The lowest BCUT2D eigenvalue weighted by atomic mass is 10.2. The van der Waals surface area contributed by atoms with E-state index >= 15 is 0 Å². The molecule has 0 spiro atoms. The quantitative estimate of drug-likeness (QED) is 0.288. The van der Waals surface area contributed by atoms with Crippen molar-refractivity contribution in [2.45, 2.75) is 24.7 Å². The standard InChI is InChI=1S/C6H9N3O2.C4H6O6/c7-5(6(10)11)1-4-2-8-3-9-4;5-1(3(7)8)2(6)4(9)10/h2-3,5H,1,7H2,(H,8,9)(H,10,11);1-2,5-6H,(H,7,8)(H,9,10)/t5-;/m0./s1. The minimum Gasteiger partial charge on any atom is -0.480 e. The number of aromatic amines is 1. The molecular formula is C10H15N3O8. The summed E-state index contributed by atoms with van der Waals surface area (Å²) in [5.41, 5.74) is 5.92. The van der Waals surface area contributed by atoms with Gasteiger partial charge in [-0.2, -0.15) is 0 Å². The third-order valence-electron chi connectivity index (χ3n) is 2.11. The van der Waals surface area contributed by atoms with Crippen LogP contribution in [0.2, 0.25) is 0 Å². The molecule has 0 amide bonds. The van der Waals surface area contributed by atoms with Crippen molar-refractivity contribution >= 4 is 17.9 Å². The summed E-state index contributed by atoms with van der Waals surface area (Å²) in [6.45, 7) is 0. The second kappa shape index (κ2) is 8.63. The Balaban J connectivity index is 0.000000384. The highest BCUT2D eigenvalue weighted by atomic mass is 16.4. The van der Waals surface area contributed by atoms with Crippen molar-refractivity contribution in [1.82, 2.24) is 9.97 Å². The van der Waals surface area contributed by atoms with Gasteiger partial charge in [-0.3, -0.25) is 4.79 Å². The number of nitrogens with zero attached hydrogens (tertiary/aromatic N) is 1. The van der Waals surface area contributed by atoms with Crippen LogP contribution in [0.1, 0.15) is 5.69 Å². The van der Waals surface area contributed by atoms with E-state index in [9.17, 15) is 14.4 Å². The molecule has 0 saturated heterocycles. The van der Waals surface area contributed by atoms with Crippen molar-refractivity contribution < 1.29 is 39.9 Å². The van der Waals surface area contributed by atoms with Crippen LogP contribution in [0.15, 0.2) is 12.5 Å². The molecule has 11 nitrogen and oxygen atoms in total. The smallest absolute Gasteiger partial charge is 0.335 e. The zero-order valence-corrected chi connectivity index (χ0v) is 10.6. The number of aliphatic carboxylic acids is 3. The van der Waals surface area contributed by atoms with Gasteiger partial charge in [-0.1, -0.05) is 0 Å². The minimum absolute atomic E-state index is 0.263. The Hall–Kier alpha value is -2.50. The Bertz CT molecular complexity index is 457. The first-order valence-corrected chi connectivity index (χ1v) is 5.44. The van der Waals surface area contributed by atoms with Gasteiger partial charge in [0.2, 0.25) is 0 Å². The molecule has 0 bridgehead atoms. The average molecular weight is 305 g/mol. The normalized spacial score (nSPS) is 14.2. The highest BCUT2D eigenvalue weighted by Gasteiger charge is 2.29. The van der Waals surface area contributed by atoms with Crippen LogP contribution >= 0.6 is 0 Å². The molecule has 0 aliphatic heterocycles. The van der Waals surface area contributed by atoms with Gasteiger partial charge in [-0.05, 0) is 0 Å². The third kappa shape index (κ3) is 7.00. The Morgan fingerprint density at radius 1 is 1.10 bits per heavy atom. The first-order valence-electron chi connectivity index (χ1n) is 5.44. The molecule has 118 valence electrons. The van der Waals surface area contributed by atoms with Gasteiger partial charge in [0.15, 0.2) is 12.2 Å². The van der Waals surface area contributed by atoms with Crippen LogP contribution in [-0.2, 0) is 20.8 Å². The summed E-state index contributed by atoms with van der Waals surface area (Å²) in [7, 11) is 0. The maximum Gasteiger partial charge on any atom is 0.335 e. The monoisotopic (exact) mass is 305 g/mol. The SMILES string of the molecule is N[C@@H](Cc1c[nH]cn1)C(=O)O.O=C(O)C(O)C(O)C(=O)O. The lowest BCUT2D eigenvalue weighted by molar-refractivity contribution is -0.165. The molecule has 0 saturated carbocycles. The van der Waals surface area contributed by atoms with E-state index in [1.165, 1.54) is 6.33 Å². The summed E-state index contributed by atoms with van der Waals surface area (Å²) in [6, 6.07) is -0.863. The number of nitrogens with one attached hydrogen (secondary N) is 1. The second-order valence-corrected chi connectivity index (χ2v) is 3.78. The topological polar surface area (TPSA) is 207 Å². The fourth-order valence-electron chi connectivity index (χ4n) is 0.985. The van der Waals surface area contributed by atoms with Gasteiger partial charge in [0.1, 0.15) is 6.04 Å². The van der Waals surface area contributed by atoms with Crippen LogP contribution in [0, 0.1) is 0 Å². The molecule has 3 atom stereocenters. The van der Waals surface area contributed by atoms with Gasteiger partial charge in [-0.15, -0.1) is 0 Å². The molecule has 1 rings (SSSR count). The fourth-order valence-corrected chi connectivity index (χ4v) is 0.985. The van der Waals surface area contributed by atoms with Crippen molar-refractivity contribution in [3.05, 3.63) is 18.2 Å². The molecule has 0 aromatic carbocycles. The molecule has 1 heterocycles. The molecule has 0 radical (unpaired) electrons. The molecule has 8 N–H and O–H groups in total. The number of aromatic nitrogens is 2. The molecule has 1 aromatic heterocycles. The number of hydrogen-bond donors (Lipinski definition) is 7. The predicted molar refractivity (Wildman–Crippen MR) is 65.2 cm³/mol. The number of imidazole rings is 1. The lowest BCUT2D eigenvalue weighted by Gasteiger charge is -2.07. The fraction of sp³-hybridized carbons (Fsp3) is 0.400. The lowest BCUT2D eigenvalue weighted by Crippen LogP contribution is -2.39. The van der Waals surface area contributed by atoms with Crippen LogP contribution < -0.4 is 5.73 Å². The van der Waals surface area contributed by atoms with Crippen molar-refractivity contribution in [3.63, 3.8) is 0 Å². The molecular weight excluding hydrogens is 290 g/mol. The van der Waals surface area contributed by atoms with E-state index in [0.29, 0.717) is 5.69 Å². The number of aliphatic hydroxyl groups is 2. The Morgan fingerprint density at radius 2 is 1.57 bits per heavy atom. The van der Waals surface area contributed by atoms with Crippen LogP contribution in [0.4, 0.5) is 0 Å². The highest BCUT2D eigenvalue weighted by Crippen LogP contribution is 1.95. The van der Waals surface area contributed by atoms with E-state index in [2.05, 4.69) is 9.97 Å². The molecule has 21 heavy (non-hydrogen) atoms. The van der Waals surface area contributed by atoms with Crippen molar-refractivity contribution in [3.8, 4) is 0 Å². The number of aliphatic hydroxyl groups excluding tert-OH is 2. The summed E-state index contributed by atoms with van der Waals surface area (Å²) in [5, 5.41) is 40.9. The van der Waals surface area contributed by atoms with Crippen molar-refractivity contribution in [2.75, 3.05) is 0 Å². The molecule has 0 fully saturated rings. The number of rotatable bonds is 6. The number of carboxylic acid groups (broad SMARTS) is 3. The highest BCUT2D eigenvalue weighted by molar-refractivity contribution is 5.83. The van der Waals surface area contributed by atoms with Gasteiger partial charge in [0.25, 0.3) is 0 Å². The van der Waals surface area contributed by atoms with E-state index in [-0.39, 0.29) is 6.42 Å². The van der Waals surface area contributed by atoms with E-state index in [4.69, 9.17) is 31.3 Å². The van der Waals surface area contributed by atoms with E-state index < -0.39 is 36.2 Å². The van der Waals surface area contributed by atoms with Crippen molar-refractivity contribution in [2.24, 2.45) is 5.73 Å². The molecule has 1 aromatic rings. The van der Waals surface area contributed by atoms with Crippen LogP contribution in [-0.4, -0.2) is 71.7 Å². The molecule has 0 aliphatic carbocycles. The average Bonchev–Trinajstić information content (AvgIpc) is 2.90. The number of hydrogen-bond acceptors (Lipinski definition) is 7. The number of nitrogens with two attached hydrogens (primary N) is 1. The minimum atomic E-state index is -2.27. The number of H-pyrrole nitrogens is 1. The summed E-state index contributed by atoms with van der Waals surface area (Å²) in [4.78, 5) is 36.4. The Labute approximate surface area is 117 Å². The second-order valence-electron chi connectivity index (χ2n) is 3.78. The van der Waals surface area contributed by atoms with Crippen LogP contribution in [0.25, 0.3) is 0 Å². The van der Waals surface area contributed by atoms with Crippen molar-refractivity contribution in [1.29, 1.82) is 0 Å². The van der Waals surface area contributed by atoms with Gasteiger partial charge < -0.3 is 36.3 Å². The maximum absolute atomic E-state index is 10.3. The van der Waals surface area contributed by atoms with Gasteiger partial charge in [-0.25, -0.2) is 14.6 Å². The first-order chi connectivity index (χ1) is 9.66. The van der Waals surface area contributed by atoms with Crippen LogP contribution in [0.3, 0.4) is 0 Å². The third-order valence-corrected chi connectivity index (χ3v) is 2.11. The first kappa shape index (κ1) is 18.5. The molecule has 2 unspecified atom stereocenters. The number of carboxylic acids is 3. The number of carbonyl (C=O) groups is 3. The molecule has 11 heteroatoms. The Morgan fingerprint density at radius 3 is 1.86 bits per heavy atom. The van der Waals surface area contributed by atoms with Gasteiger partial charge >= 0.3 is 17.9 Å². The zero-order chi connectivity index (χ0) is 16.6. The maximum atomic E-state index is 10.3. The van der Waals surface area contributed by atoms with E-state index in [0.717, 1.165) is 0 Å². The Kier molecular flexibility index (Phi) is 7.60. The van der Waals surface area contributed by atoms with Crippen LogP contribution in [0.5, 0.6) is 0 Å². The molecule has 0 aliphatic rings.